The molecular weight excluding hydrogens is 303 g/mol. The van der Waals surface area contributed by atoms with E-state index in [1.165, 1.54) is 12.1 Å². The molecular formula is C20H15FN2O. The minimum absolute atomic E-state index is 0.00469. The molecule has 0 bridgehead atoms. The maximum Gasteiger partial charge on any atom is 0.189 e. The number of allylic oxidation sites excluding steroid dienone is 1. The molecule has 0 aliphatic heterocycles. The highest BCUT2D eigenvalue weighted by Crippen LogP contribution is 2.27. The minimum Gasteiger partial charge on any atom is -0.306 e. The van der Waals surface area contributed by atoms with Crippen LogP contribution in [0.3, 0.4) is 0 Å². The lowest BCUT2D eigenvalue weighted by molar-refractivity contribution is 0.102. The molecule has 0 saturated carbocycles. The predicted molar refractivity (Wildman–Crippen MR) is 90.6 cm³/mol. The fraction of sp³-hybridized carbons (Fsp3) is 0.100. The number of rotatable bonds is 2. The van der Waals surface area contributed by atoms with Gasteiger partial charge < -0.3 is 4.57 Å². The zero-order chi connectivity index (χ0) is 16.5. The van der Waals surface area contributed by atoms with Crippen molar-refractivity contribution in [2.45, 2.75) is 12.8 Å². The molecule has 0 radical (unpaired) electrons. The van der Waals surface area contributed by atoms with E-state index in [4.69, 9.17) is 0 Å². The van der Waals surface area contributed by atoms with Crippen molar-refractivity contribution in [3.63, 3.8) is 0 Å². The number of nitrogens with zero attached hydrogens (tertiary/aromatic N) is 2. The lowest BCUT2D eigenvalue weighted by Gasteiger charge is -2.17. The first kappa shape index (κ1) is 14.6. The summed E-state index contributed by atoms with van der Waals surface area (Å²) in [5.41, 5.74) is 4.18. The lowest BCUT2D eigenvalue weighted by atomic mass is 9.86. The van der Waals surface area contributed by atoms with Gasteiger partial charge in [-0.25, -0.2) is 9.37 Å². The van der Waals surface area contributed by atoms with E-state index in [9.17, 15) is 9.18 Å². The Balaban J connectivity index is 1.62. The topological polar surface area (TPSA) is 34.9 Å². The number of aromatic nitrogens is 2. The Morgan fingerprint density at radius 1 is 1.08 bits per heavy atom. The molecule has 1 aliphatic rings. The van der Waals surface area contributed by atoms with Gasteiger partial charge in [0.25, 0.3) is 0 Å². The number of carbonyl (C=O) groups excluding carboxylic acids is 1. The summed E-state index contributed by atoms with van der Waals surface area (Å²) < 4.78 is 15.2. The summed E-state index contributed by atoms with van der Waals surface area (Å²) in [5.74, 6) is -0.293. The van der Waals surface area contributed by atoms with Crippen molar-refractivity contribution < 1.29 is 9.18 Å². The van der Waals surface area contributed by atoms with Crippen molar-refractivity contribution >= 4 is 11.9 Å². The summed E-state index contributed by atoms with van der Waals surface area (Å²) in [7, 11) is 0. The third-order valence-electron chi connectivity index (χ3n) is 4.30. The monoisotopic (exact) mass is 318 g/mol. The van der Waals surface area contributed by atoms with Gasteiger partial charge in [0, 0.05) is 29.2 Å². The average Bonchev–Trinajstić information content (AvgIpc) is 3.12. The molecule has 118 valence electrons. The summed E-state index contributed by atoms with van der Waals surface area (Å²) in [6.45, 7) is 0. The Morgan fingerprint density at radius 2 is 1.92 bits per heavy atom. The highest BCUT2D eigenvalue weighted by atomic mass is 19.1. The molecule has 1 aliphatic carbocycles. The van der Waals surface area contributed by atoms with E-state index in [1.54, 1.807) is 18.6 Å². The third kappa shape index (κ3) is 2.67. The second-order valence-corrected chi connectivity index (χ2v) is 5.86. The molecule has 2 aromatic carbocycles. The molecule has 0 atom stereocenters. The van der Waals surface area contributed by atoms with Gasteiger partial charge in [-0.1, -0.05) is 12.1 Å². The number of hydrogen-bond donors (Lipinski definition) is 0. The van der Waals surface area contributed by atoms with E-state index in [2.05, 4.69) is 4.98 Å². The lowest BCUT2D eigenvalue weighted by Crippen LogP contribution is -2.14. The van der Waals surface area contributed by atoms with Crippen LogP contribution in [-0.2, 0) is 6.42 Å². The largest absolute Gasteiger partial charge is 0.306 e. The highest BCUT2D eigenvalue weighted by Gasteiger charge is 2.22. The van der Waals surface area contributed by atoms with Gasteiger partial charge in [0.15, 0.2) is 5.78 Å². The number of halogens is 1. The zero-order valence-corrected chi connectivity index (χ0v) is 12.9. The first-order valence-electron chi connectivity index (χ1n) is 7.83. The standard InChI is InChI=1S/C20H15FN2O/c21-17-5-8-19-15(12-17)3-4-16(20(19)24)11-14-1-6-18(7-2-14)23-10-9-22-13-23/h1-2,5-13H,3-4H2. The molecule has 1 aromatic heterocycles. The van der Waals surface area contributed by atoms with Crippen LogP contribution >= 0.6 is 0 Å². The van der Waals surface area contributed by atoms with Gasteiger partial charge in [-0.2, -0.15) is 0 Å². The number of Topliss-reactive ketones (excluding diaryl/α,β-unsaturated/α-hetero) is 1. The second kappa shape index (κ2) is 5.89. The Kier molecular flexibility index (Phi) is 3.58. The van der Waals surface area contributed by atoms with Crippen LogP contribution in [-0.4, -0.2) is 15.3 Å². The third-order valence-corrected chi connectivity index (χ3v) is 4.30. The van der Waals surface area contributed by atoms with Crippen molar-refractivity contribution in [2.75, 3.05) is 0 Å². The minimum atomic E-state index is -0.288. The first-order valence-corrected chi connectivity index (χ1v) is 7.83. The number of benzene rings is 2. The number of aryl methyl sites for hydroxylation is 1. The molecule has 1 heterocycles. The maximum atomic E-state index is 13.3. The van der Waals surface area contributed by atoms with Gasteiger partial charge in [0.1, 0.15) is 5.82 Å². The smallest absolute Gasteiger partial charge is 0.189 e. The molecule has 0 amide bonds. The van der Waals surface area contributed by atoms with Crippen molar-refractivity contribution in [1.29, 1.82) is 0 Å². The van der Waals surface area contributed by atoms with E-state index in [0.717, 1.165) is 22.4 Å². The number of ketones is 1. The van der Waals surface area contributed by atoms with Crippen LogP contribution in [0.1, 0.15) is 27.9 Å². The molecule has 4 heteroatoms. The van der Waals surface area contributed by atoms with Gasteiger partial charge in [0.05, 0.1) is 6.33 Å². The average molecular weight is 318 g/mol. The van der Waals surface area contributed by atoms with E-state index < -0.39 is 0 Å². The fourth-order valence-corrected chi connectivity index (χ4v) is 3.04. The molecule has 0 fully saturated rings. The van der Waals surface area contributed by atoms with Crippen LogP contribution in [0.5, 0.6) is 0 Å². The van der Waals surface area contributed by atoms with Crippen LogP contribution in [0.25, 0.3) is 11.8 Å². The van der Waals surface area contributed by atoms with E-state index in [0.29, 0.717) is 18.4 Å². The maximum absolute atomic E-state index is 13.3. The number of imidazole rings is 1. The molecule has 0 unspecified atom stereocenters. The van der Waals surface area contributed by atoms with Crippen LogP contribution in [0, 0.1) is 5.82 Å². The summed E-state index contributed by atoms with van der Waals surface area (Å²) in [4.78, 5) is 16.6. The molecule has 4 rings (SSSR count). The molecule has 3 aromatic rings. The molecule has 3 nitrogen and oxygen atoms in total. The van der Waals surface area contributed by atoms with Crippen molar-refractivity contribution in [1.82, 2.24) is 9.55 Å². The van der Waals surface area contributed by atoms with Gasteiger partial charge in [-0.15, -0.1) is 0 Å². The summed E-state index contributed by atoms with van der Waals surface area (Å²) in [6.07, 6.45) is 8.61. The number of hydrogen-bond acceptors (Lipinski definition) is 2. The normalized spacial score (nSPS) is 15.5. The Bertz CT molecular complexity index is 925. The quantitative estimate of drug-likeness (QED) is 0.663. The van der Waals surface area contributed by atoms with Gasteiger partial charge in [-0.3, -0.25) is 4.79 Å². The molecule has 0 spiro atoms. The predicted octanol–water partition coefficient (Wildman–Crippen LogP) is 4.22. The van der Waals surface area contributed by atoms with Crippen molar-refractivity contribution in [3.05, 3.63) is 89.3 Å². The fourth-order valence-electron chi connectivity index (χ4n) is 3.04. The van der Waals surface area contributed by atoms with Crippen LogP contribution < -0.4 is 0 Å². The molecule has 24 heavy (non-hydrogen) atoms. The highest BCUT2D eigenvalue weighted by molar-refractivity contribution is 6.13. The molecule has 0 saturated heterocycles. The first-order chi connectivity index (χ1) is 11.7. The SMILES string of the molecule is O=C1C(=Cc2ccc(-n3ccnc3)cc2)CCc2cc(F)ccc21. The van der Waals surface area contributed by atoms with E-state index in [-0.39, 0.29) is 11.6 Å². The summed E-state index contributed by atoms with van der Waals surface area (Å²) >= 11 is 0. The Labute approximate surface area is 139 Å². The van der Waals surface area contributed by atoms with Crippen LogP contribution in [0.15, 0.2) is 66.8 Å². The molecule has 0 N–H and O–H groups in total. The van der Waals surface area contributed by atoms with Gasteiger partial charge in [-0.05, 0) is 60.4 Å². The van der Waals surface area contributed by atoms with E-state index in [1.807, 2.05) is 41.1 Å². The second-order valence-electron chi connectivity index (χ2n) is 5.86. The Hall–Kier alpha value is -3.01. The zero-order valence-electron chi connectivity index (χ0n) is 12.9. The van der Waals surface area contributed by atoms with E-state index >= 15 is 0 Å². The number of fused-ring (bicyclic) bond motifs is 1. The summed E-state index contributed by atoms with van der Waals surface area (Å²) in [5, 5.41) is 0. The van der Waals surface area contributed by atoms with Gasteiger partial charge >= 0.3 is 0 Å². The Morgan fingerprint density at radius 3 is 2.67 bits per heavy atom. The number of carbonyl (C=O) groups is 1. The summed E-state index contributed by atoms with van der Waals surface area (Å²) in [6, 6.07) is 12.3. The van der Waals surface area contributed by atoms with Crippen molar-refractivity contribution in [3.8, 4) is 5.69 Å². The van der Waals surface area contributed by atoms with Crippen LogP contribution in [0.2, 0.25) is 0 Å². The van der Waals surface area contributed by atoms with Crippen LogP contribution in [0.4, 0.5) is 4.39 Å². The van der Waals surface area contributed by atoms with Crippen molar-refractivity contribution in [2.24, 2.45) is 0 Å². The van der Waals surface area contributed by atoms with Gasteiger partial charge in [0.2, 0.25) is 0 Å².